The van der Waals surface area contributed by atoms with Gasteiger partial charge in [0.1, 0.15) is 11.5 Å². The van der Waals surface area contributed by atoms with Gasteiger partial charge in [-0.1, -0.05) is 24.3 Å². The van der Waals surface area contributed by atoms with Crippen LogP contribution >= 0.6 is 0 Å². The summed E-state index contributed by atoms with van der Waals surface area (Å²) in [7, 11) is -5.55. The summed E-state index contributed by atoms with van der Waals surface area (Å²) in [6, 6.07) is 15.6. The summed E-state index contributed by atoms with van der Waals surface area (Å²) >= 11 is 0. The third-order valence-corrected chi connectivity index (χ3v) is 7.55. The van der Waals surface area contributed by atoms with Crippen LogP contribution in [0.15, 0.2) is 66.9 Å². The Kier molecular flexibility index (Phi) is 8.56. The highest BCUT2D eigenvalue weighted by molar-refractivity contribution is 7.93. The fraction of sp³-hybridized carbons (Fsp3) is 0.259. The molecule has 0 amide bonds. The number of benzene rings is 2. The monoisotopic (exact) mass is 591 g/mol. The number of hydrogen-bond donors (Lipinski definition) is 5. The van der Waals surface area contributed by atoms with E-state index in [2.05, 4.69) is 10.3 Å². The predicted molar refractivity (Wildman–Crippen MR) is 148 cm³/mol. The minimum absolute atomic E-state index is 0.0156. The average Bonchev–Trinajstić information content (AvgIpc) is 3.26. The molecule has 14 heteroatoms. The second kappa shape index (κ2) is 11.8. The topological polar surface area (TPSA) is 160 Å². The summed E-state index contributed by atoms with van der Waals surface area (Å²) in [5.74, 6) is -0.788. The van der Waals surface area contributed by atoms with Crippen molar-refractivity contribution in [1.82, 2.24) is 14.9 Å². The zero-order valence-corrected chi connectivity index (χ0v) is 22.6. The van der Waals surface area contributed by atoms with Crippen molar-refractivity contribution >= 4 is 38.4 Å². The van der Waals surface area contributed by atoms with Crippen LogP contribution in [0.3, 0.4) is 0 Å². The summed E-state index contributed by atoms with van der Waals surface area (Å²) < 4.78 is 63.6. The Morgan fingerprint density at radius 3 is 2.37 bits per heavy atom. The molecule has 2 unspecified atom stereocenters. The maximum absolute atomic E-state index is 12.6. The SMILES string of the molecule is CC(Cc1ccc2c(c1)cc(C(=O)O)n2Cc1ccc(NS(=O)(=O)C(F)(F)F)cc1)NCC(O)c1ccc(N)nc1. The molecule has 0 saturated heterocycles. The molecule has 4 rings (SSSR count). The van der Waals surface area contributed by atoms with Crippen LogP contribution in [0, 0.1) is 0 Å². The number of anilines is 2. The summed E-state index contributed by atoms with van der Waals surface area (Å²) in [6.07, 6.45) is 1.36. The number of pyridine rings is 1. The zero-order chi connectivity index (χ0) is 29.9. The van der Waals surface area contributed by atoms with E-state index in [9.17, 15) is 36.6 Å². The number of fused-ring (bicyclic) bond motifs is 1. The highest BCUT2D eigenvalue weighted by atomic mass is 32.2. The standard InChI is InChI=1S/C27H28F3N5O5S/c1-16(32-14-24(36)19-5-9-25(31)33-13-19)10-18-4-8-22-20(11-18)12-23(26(37)38)35(22)15-17-2-6-21(7-3-17)34-41(39,40)27(28,29)30/h2-9,11-13,16,24,32,34,36H,10,14-15H2,1H3,(H2,31,33)(H,37,38). The van der Waals surface area contributed by atoms with Crippen molar-refractivity contribution in [3.63, 3.8) is 0 Å². The van der Waals surface area contributed by atoms with Crippen LogP contribution in [0.2, 0.25) is 0 Å². The van der Waals surface area contributed by atoms with Gasteiger partial charge in [-0.15, -0.1) is 0 Å². The summed E-state index contributed by atoms with van der Waals surface area (Å²) in [6.45, 7) is 2.35. The van der Waals surface area contributed by atoms with Crippen LogP contribution in [0.5, 0.6) is 0 Å². The van der Waals surface area contributed by atoms with E-state index in [1.54, 1.807) is 28.8 Å². The number of aromatic carboxylic acids is 1. The number of aliphatic hydroxyl groups is 1. The van der Waals surface area contributed by atoms with Crippen molar-refractivity contribution < 1.29 is 36.6 Å². The molecular weight excluding hydrogens is 563 g/mol. The molecule has 0 aliphatic heterocycles. The number of halogens is 3. The number of alkyl halides is 3. The number of carboxylic acid groups (broad SMARTS) is 1. The molecule has 2 aromatic heterocycles. The third kappa shape index (κ3) is 7.14. The van der Waals surface area contributed by atoms with Crippen LogP contribution in [-0.2, 0) is 23.0 Å². The summed E-state index contributed by atoms with van der Waals surface area (Å²) in [5.41, 5.74) is 2.65. The molecule has 10 nitrogen and oxygen atoms in total. The summed E-state index contributed by atoms with van der Waals surface area (Å²) in [5, 5.41) is 24.1. The van der Waals surface area contributed by atoms with Crippen molar-refractivity contribution in [2.24, 2.45) is 0 Å². The molecule has 0 aliphatic carbocycles. The van der Waals surface area contributed by atoms with Gasteiger partial charge in [0.2, 0.25) is 0 Å². The Morgan fingerprint density at radius 1 is 1.07 bits per heavy atom. The van der Waals surface area contributed by atoms with E-state index in [1.165, 1.54) is 35.2 Å². The molecule has 218 valence electrons. The maximum Gasteiger partial charge on any atom is 0.516 e. The van der Waals surface area contributed by atoms with Gasteiger partial charge >= 0.3 is 21.5 Å². The molecule has 0 spiro atoms. The first kappa shape index (κ1) is 29.8. The van der Waals surface area contributed by atoms with Gasteiger partial charge in [-0.2, -0.15) is 21.6 Å². The van der Waals surface area contributed by atoms with Crippen LogP contribution in [-0.4, -0.2) is 52.2 Å². The lowest BCUT2D eigenvalue weighted by molar-refractivity contribution is -0.0429. The minimum Gasteiger partial charge on any atom is -0.477 e. The van der Waals surface area contributed by atoms with Crippen LogP contribution < -0.4 is 15.8 Å². The maximum atomic E-state index is 12.6. The van der Waals surface area contributed by atoms with Gasteiger partial charge in [-0.05, 0) is 60.9 Å². The van der Waals surface area contributed by atoms with Gasteiger partial charge in [-0.3, -0.25) is 4.72 Å². The molecule has 2 atom stereocenters. The molecule has 0 aliphatic rings. The quantitative estimate of drug-likeness (QED) is 0.176. The number of nitrogens with two attached hydrogens (primary N) is 1. The molecule has 6 N–H and O–H groups in total. The van der Waals surface area contributed by atoms with Gasteiger partial charge in [-0.25, -0.2) is 9.78 Å². The van der Waals surface area contributed by atoms with E-state index in [0.29, 0.717) is 40.8 Å². The number of aromatic nitrogens is 2. The lowest BCUT2D eigenvalue weighted by Crippen LogP contribution is -2.32. The summed E-state index contributed by atoms with van der Waals surface area (Å²) in [4.78, 5) is 16.0. The lowest BCUT2D eigenvalue weighted by atomic mass is 10.0. The first-order valence-electron chi connectivity index (χ1n) is 12.4. The number of carboxylic acids is 1. The zero-order valence-electron chi connectivity index (χ0n) is 21.8. The van der Waals surface area contributed by atoms with E-state index >= 15 is 0 Å². The molecule has 4 aromatic rings. The smallest absolute Gasteiger partial charge is 0.477 e. The lowest BCUT2D eigenvalue weighted by Gasteiger charge is -2.17. The normalized spacial score (nSPS) is 13.7. The minimum atomic E-state index is -5.55. The number of nitrogens with zero attached hydrogens (tertiary/aromatic N) is 2. The molecule has 2 heterocycles. The van der Waals surface area contributed by atoms with Crippen molar-refractivity contribution in [2.75, 3.05) is 17.0 Å². The molecular formula is C27H28F3N5O5S. The van der Waals surface area contributed by atoms with Crippen LogP contribution in [0.25, 0.3) is 10.9 Å². The molecule has 0 saturated carbocycles. The number of hydrogen-bond acceptors (Lipinski definition) is 7. The van der Waals surface area contributed by atoms with Crippen molar-refractivity contribution in [3.05, 3.63) is 89.2 Å². The number of sulfonamides is 1. The van der Waals surface area contributed by atoms with Gasteiger partial charge in [0.25, 0.3) is 0 Å². The second-order valence-electron chi connectivity index (χ2n) is 9.61. The highest BCUT2D eigenvalue weighted by Gasteiger charge is 2.46. The molecule has 0 fully saturated rings. The fourth-order valence-corrected chi connectivity index (χ4v) is 4.90. The van der Waals surface area contributed by atoms with E-state index in [0.717, 1.165) is 5.56 Å². The molecule has 0 radical (unpaired) electrons. The van der Waals surface area contributed by atoms with E-state index < -0.39 is 27.6 Å². The fourth-order valence-electron chi connectivity index (χ4n) is 4.34. The van der Waals surface area contributed by atoms with Gasteiger partial charge in [0, 0.05) is 47.5 Å². The number of aliphatic hydroxyl groups excluding tert-OH is 1. The Balaban J connectivity index is 1.46. The van der Waals surface area contributed by atoms with E-state index in [-0.39, 0.29) is 24.0 Å². The van der Waals surface area contributed by atoms with Gasteiger partial charge < -0.3 is 25.8 Å². The number of rotatable bonds is 11. The first-order valence-corrected chi connectivity index (χ1v) is 13.9. The molecule has 2 aromatic carbocycles. The van der Waals surface area contributed by atoms with Crippen molar-refractivity contribution in [3.8, 4) is 0 Å². The predicted octanol–water partition coefficient (Wildman–Crippen LogP) is 3.88. The van der Waals surface area contributed by atoms with E-state index in [1.807, 2.05) is 19.1 Å². The molecule has 41 heavy (non-hydrogen) atoms. The van der Waals surface area contributed by atoms with Crippen molar-refractivity contribution in [2.45, 2.75) is 37.5 Å². The van der Waals surface area contributed by atoms with Gasteiger partial charge in [0.15, 0.2) is 0 Å². The van der Waals surface area contributed by atoms with Crippen molar-refractivity contribution in [1.29, 1.82) is 0 Å². The Bertz CT molecular complexity index is 1640. The Morgan fingerprint density at radius 2 is 1.76 bits per heavy atom. The third-order valence-electron chi connectivity index (χ3n) is 6.43. The van der Waals surface area contributed by atoms with Crippen LogP contribution in [0.1, 0.15) is 40.2 Å². The number of nitrogen functional groups attached to an aromatic ring is 1. The Hall–Kier alpha value is -4.14. The number of carbonyl (C=O) groups is 1. The van der Waals surface area contributed by atoms with Crippen LogP contribution in [0.4, 0.5) is 24.7 Å². The Labute approximate surface area is 233 Å². The van der Waals surface area contributed by atoms with Gasteiger partial charge in [0.05, 0.1) is 6.10 Å². The highest BCUT2D eigenvalue weighted by Crippen LogP contribution is 2.27. The largest absolute Gasteiger partial charge is 0.516 e. The second-order valence-corrected chi connectivity index (χ2v) is 11.3. The average molecular weight is 592 g/mol. The number of nitrogens with one attached hydrogen (secondary N) is 2. The molecule has 0 bridgehead atoms. The van der Waals surface area contributed by atoms with E-state index in [4.69, 9.17) is 5.73 Å². The first-order chi connectivity index (χ1) is 19.2.